The van der Waals surface area contributed by atoms with Crippen molar-refractivity contribution in [3.05, 3.63) is 118 Å². The van der Waals surface area contributed by atoms with Gasteiger partial charge >= 0.3 is 5.97 Å². The monoisotopic (exact) mass is 475 g/mol. The zero-order valence-corrected chi connectivity index (χ0v) is 18.3. The summed E-state index contributed by atoms with van der Waals surface area (Å²) in [6.07, 6.45) is -0.0730. The predicted octanol–water partition coefficient (Wildman–Crippen LogP) is 4.51. The van der Waals surface area contributed by atoms with Crippen molar-refractivity contribution in [2.24, 2.45) is 0 Å². The quantitative estimate of drug-likeness (QED) is 0.286. The van der Waals surface area contributed by atoms with E-state index in [0.29, 0.717) is 16.7 Å². The van der Waals surface area contributed by atoms with Gasteiger partial charge in [-0.1, -0.05) is 18.2 Å². The number of nitrogens with zero attached hydrogens (tertiary/aromatic N) is 3. The number of nitro groups is 3. The van der Waals surface area contributed by atoms with E-state index >= 15 is 0 Å². The van der Waals surface area contributed by atoms with Gasteiger partial charge in [0.1, 0.15) is 0 Å². The summed E-state index contributed by atoms with van der Waals surface area (Å²) in [6.45, 7) is 0. The fourth-order valence-electron chi connectivity index (χ4n) is 5.57. The van der Waals surface area contributed by atoms with Crippen LogP contribution in [0.5, 0.6) is 0 Å². The van der Waals surface area contributed by atoms with E-state index in [0.717, 1.165) is 16.7 Å². The maximum absolute atomic E-state index is 12.2. The molecule has 11 heteroatoms. The fraction of sp³-hybridized carbons (Fsp3) is 0.208. The minimum absolute atomic E-state index is 0.0445. The molecule has 0 saturated heterocycles. The van der Waals surface area contributed by atoms with Crippen molar-refractivity contribution in [3.63, 3.8) is 0 Å². The molecule has 35 heavy (non-hydrogen) atoms. The third kappa shape index (κ3) is 3.08. The lowest BCUT2D eigenvalue weighted by molar-refractivity contribution is -0.385. The second-order valence-corrected chi connectivity index (χ2v) is 8.50. The molecule has 6 rings (SSSR count). The van der Waals surface area contributed by atoms with Crippen LogP contribution in [-0.2, 0) is 14.9 Å². The molecule has 0 saturated carbocycles. The Bertz CT molecular complexity index is 1310. The molecule has 0 fully saturated rings. The summed E-state index contributed by atoms with van der Waals surface area (Å²) in [5.74, 6) is -0.976. The highest BCUT2D eigenvalue weighted by Gasteiger charge is 2.53. The molecule has 0 aliphatic heterocycles. The summed E-state index contributed by atoms with van der Waals surface area (Å²) in [5, 5.41) is 34.9. The van der Waals surface area contributed by atoms with Crippen molar-refractivity contribution in [2.75, 3.05) is 7.11 Å². The first-order valence-corrected chi connectivity index (χ1v) is 10.6. The molecule has 0 N–H and O–H groups in total. The van der Waals surface area contributed by atoms with Gasteiger partial charge in [-0.25, -0.2) is 0 Å². The van der Waals surface area contributed by atoms with Crippen LogP contribution < -0.4 is 0 Å². The standard InChI is InChI=1S/C24H17N3O8/c1-35-22(28)8-9-24-19-10-13(25(29)30)2-5-16(19)23(17-6-3-14(26(31)32)11-20(17)24)18-7-4-15(27(33)34)12-21(18)24/h2-7,10-12,23H,8-9H2,1H3. The first-order valence-electron chi connectivity index (χ1n) is 10.6. The number of carbonyl (C=O) groups excluding carboxylic acids is 1. The lowest BCUT2D eigenvalue weighted by atomic mass is 9.51. The van der Waals surface area contributed by atoms with E-state index in [1.165, 1.54) is 43.5 Å². The average molecular weight is 475 g/mol. The molecule has 11 nitrogen and oxygen atoms in total. The lowest BCUT2D eigenvalue weighted by Crippen LogP contribution is -2.42. The summed E-state index contributed by atoms with van der Waals surface area (Å²) in [6, 6.07) is 13.4. The van der Waals surface area contributed by atoms with Crippen LogP contribution in [0.3, 0.4) is 0 Å². The molecule has 3 aliphatic rings. The first kappa shape index (κ1) is 22.1. The number of hydrogen-bond acceptors (Lipinski definition) is 8. The van der Waals surface area contributed by atoms with E-state index in [9.17, 15) is 35.1 Å². The Morgan fingerprint density at radius 1 is 0.771 bits per heavy atom. The second-order valence-electron chi connectivity index (χ2n) is 8.50. The van der Waals surface area contributed by atoms with Gasteiger partial charge < -0.3 is 4.74 Å². The number of non-ortho nitro benzene ring substituents is 3. The number of nitro benzene ring substituents is 3. The Labute approximate surface area is 197 Å². The SMILES string of the molecule is COC(=O)CCC12c3cc([N+](=O)[O-])ccc3C(c3ccc([N+](=O)[O-])cc31)c1ccc([N+](=O)[O-])cc12. The van der Waals surface area contributed by atoms with Crippen LogP contribution in [0.4, 0.5) is 17.1 Å². The highest BCUT2D eigenvalue weighted by atomic mass is 16.6. The maximum Gasteiger partial charge on any atom is 0.305 e. The normalized spacial score (nSPS) is 18.7. The molecule has 0 atom stereocenters. The van der Waals surface area contributed by atoms with Gasteiger partial charge in [-0.15, -0.1) is 0 Å². The summed E-state index contributed by atoms with van der Waals surface area (Å²) in [4.78, 5) is 45.5. The van der Waals surface area contributed by atoms with E-state index in [4.69, 9.17) is 4.74 Å². The largest absolute Gasteiger partial charge is 0.469 e. The van der Waals surface area contributed by atoms with Crippen LogP contribution in [0.1, 0.15) is 52.1 Å². The fourth-order valence-corrected chi connectivity index (χ4v) is 5.57. The second kappa shape index (κ2) is 7.69. The van der Waals surface area contributed by atoms with E-state index in [2.05, 4.69) is 0 Å². The van der Waals surface area contributed by atoms with Crippen molar-refractivity contribution < 1.29 is 24.3 Å². The summed E-state index contributed by atoms with van der Waals surface area (Å²) < 4.78 is 4.83. The average Bonchev–Trinajstić information content (AvgIpc) is 2.86. The number of carbonyl (C=O) groups is 1. The maximum atomic E-state index is 12.2. The van der Waals surface area contributed by atoms with Gasteiger partial charge in [-0.2, -0.15) is 0 Å². The van der Waals surface area contributed by atoms with Crippen LogP contribution in [0.15, 0.2) is 54.6 Å². The van der Waals surface area contributed by atoms with Gasteiger partial charge in [0.25, 0.3) is 17.1 Å². The number of esters is 1. The van der Waals surface area contributed by atoms with Crippen LogP contribution in [-0.4, -0.2) is 27.8 Å². The van der Waals surface area contributed by atoms with Gasteiger partial charge in [0.2, 0.25) is 0 Å². The minimum atomic E-state index is -1.27. The highest BCUT2D eigenvalue weighted by molar-refractivity contribution is 5.76. The van der Waals surface area contributed by atoms with Crippen molar-refractivity contribution in [1.82, 2.24) is 0 Å². The summed E-state index contributed by atoms with van der Waals surface area (Å²) in [5.41, 5.74) is 1.93. The smallest absolute Gasteiger partial charge is 0.305 e. The molecule has 0 aromatic heterocycles. The molecule has 176 valence electrons. The zero-order valence-electron chi connectivity index (χ0n) is 18.3. The molecule has 2 bridgehead atoms. The Hall–Kier alpha value is -4.67. The molecule has 3 aromatic rings. The van der Waals surface area contributed by atoms with Crippen molar-refractivity contribution in [2.45, 2.75) is 24.2 Å². The third-order valence-corrected chi connectivity index (χ3v) is 6.99. The molecule has 0 radical (unpaired) electrons. The van der Waals surface area contributed by atoms with Gasteiger partial charge in [-0.3, -0.25) is 35.1 Å². The van der Waals surface area contributed by atoms with E-state index in [1.54, 1.807) is 18.2 Å². The van der Waals surface area contributed by atoms with Crippen LogP contribution >= 0.6 is 0 Å². The topological polar surface area (TPSA) is 156 Å². The van der Waals surface area contributed by atoms with Gasteiger partial charge in [0, 0.05) is 54.2 Å². The number of hydrogen-bond donors (Lipinski definition) is 0. The molecule has 0 heterocycles. The molecule has 0 unspecified atom stereocenters. The Morgan fingerprint density at radius 3 is 1.46 bits per heavy atom. The van der Waals surface area contributed by atoms with E-state index < -0.39 is 32.1 Å². The molecule has 3 aromatic carbocycles. The lowest BCUT2D eigenvalue weighted by Gasteiger charge is -2.50. The summed E-state index contributed by atoms with van der Waals surface area (Å²) in [7, 11) is 1.23. The van der Waals surface area contributed by atoms with E-state index in [-0.39, 0.29) is 29.9 Å². The molecule has 0 amide bonds. The summed E-state index contributed by atoms with van der Waals surface area (Å²) >= 11 is 0. The number of benzene rings is 3. The molecule has 3 aliphatic carbocycles. The van der Waals surface area contributed by atoms with Gasteiger partial charge in [0.05, 0.1) is 21.9 Å². The number of rotatable bonds is 6. The van der Waals surface area contributed by atoms with Crippen LogP contribution in [0.25, 0.3) is 0 Å². The van der Waals surface area contributed by atoms with Gasteiger partial charge in [-0.05, 0) is 39.8 Å². The van der Waals surface area contributed by atoms with Crippen LogP contribution in [0, 0.1) is 30.3 Å². The Morgan fingerprint density at radius 2 is 1.14 bits per heavy atom. The zero-order chi connectivity index (χ0) is 25.1. The Balaban J connectivity index is 1.91. The van der Waals surface area contributed by atoms with Crippen molar-refractivity contribution in [3.8, 4) is 0 Å². The molecular formula is C24H17N3O8. The first-order chi connectivity index (χ1) is 16.7. The van der Waals surface area contributed by atoms with Crippen molar-refractivity contribution in [1.29, 1.82) is 0 Å². The predicted molar refractivity (Wildman–Crippen MR) is 121 cm³/mol. The third-order valence-electron chi connectivity index (χ3n) is 6.99. The number of methoxy groups -OCH3 is 1. The van der Waals surface area contributed by atoms with Crippen LogP contribution in [0.2, 0.25) is 0 Å². The Kier molecular flexibility index (Phi) is 4.86. The number of ether oxygens (including phenoxy) is 1. The van der Waals surface area contributed by atoms with Gasteiger partial charge in [0.15, 0.2) is 0 Å². The van der Waals surface area contributed by atoms with Crippen molar-refractivity contribution >= 4 is 23.0 Å². The molecular weight excluding hydrogens is 458 g/mol. The van der Waals surface area contributed by atoms with E-state index in [1.807, 2.05) is 0 Å². The minimum Gasteiger partial charge on any atom is -0.469 e. The molecule has 0 spiro atoms. The highest BCUT2D eigenvalue weighted by Crippen LogP contribution is 2.62.